The smallest absolute Gasteiger partial charge is 0.185 e. The van der Waals surface area contributed by atoms with Gasteiger partial charge in [-0.15, -0.1) is 0 Å². The fourth-order valence-corrected chi connectivity index (χ4v) is 2.39. The lowest BCUT2D eigenvalue weighted by atomic mass is 10.0. The molecule has 0 aliphatic carbocycles. The number of benzene rings is 1. The van der Waals surface area contributed by atoms with Crippen molar-refractivity contribution in [3.63, 3.8) is 0 Å². The number of aliphatic hydroxyl groups is 2. The summed E-state index contributed by atoms with van der Waals surface area (Å²) in [5, 5.41) is 19.8. The van der Waals surface area contributed by atoms with E-state index < -0.39 is 37.0 Å². The van der Waals surface area contributed by atoms with Gasteiger partial charge in [0.15, 0.2) is 12.6 Å². The van der Waals surface area contributed by atoms with E-state index in [-0.39, 0.29) is 0 Å². The summed E-state index contributed by atoms with van der Waals surface area (Å²) in [5.41, 5.74) is 0.860. The van der Waals surface area contributed by atoms with Gasteiger partial charge in [0.1, 0.15) is 18.3 Å². The molecule has 98 valence electrons. The summed E-state index contributed by atoms with van der Waals surface area (Å²) in [4.78, 5) is 0. The summed E-state index contributed by atoms with van der Waals surface area (Å²) in [6.07, 6.45) is -4.12. The molecule has 2 aliphatic rings. The molecule has 2 fully saturated rings. The van der Waals surface area contributed by atoms with Gasteiger partial charge in [0, 0.05) is 5.56 Å². The molecular weight excluding hydrogens is 236 g/mol. The van der Waals surface area contributed by atoms with Gasteiger partial charge in [0.05, 0.1) is 6.10 Å². The molecule has 0 radical (unpaired) electrons. The zero-order chi connectivity index (χ0) is 12.7. The van der Waals surface area contributed by atoms with E-state index in [1.165, 1.54) is 0 Å². The van der Waals surface area contributed by atoms with Crippen LogP contribution in [0.3, 0.4) is 0 Å². The van der Waals surface area contributed by atoms with Crippen LogP contribution in [-0.2, 0) is 14.2 Å². The van der Waals surface area contributed by atoms with Crippen LogP contribution in [0.5, 0.6) is 0 Å². The first kappa shape index (κ1) is 12.1. The zero-order valence-electron chi connectivity index (χ0n) is 9.97. The fraction of sp³-hybridized carbons (Fsp3) is 0.538. The van der Waals surface area contributed by atoms with Crippen molar-refractivity contribution in [3.05, 3.63) is 35.9 Å². The lowest BCUT2D eigenvalue weighted by Gasteiger charge is -2.36. The summed E-state index contributed by atoms with van der Waals surface area (Å²) in [7, 11) is 0. The van der Waals surface area contributed by atoms with E-state index in [0.29, 0.717) is 0 Å². The van der Waals surface area contributed by atoms with E-state index in [0.717, 1.165) is 5.56 Å². The highest BCUT2D eigenvalue weighted by molar-refractivity contribution is 5.17. The first-order valence-corrected chi connectivity index (χ1v) is 6.04. The van der Waals surface area contributed by atoms with Crippen LogP contribution in [0.4, 0.5) is 0 Å². The Balaban J connectivity index is 1.81. The second kappa shape index (κ2) is 4.60. The molecular formula is C13H16O5. The SMILES string of the molecule is C[C@H]1O[C@H](O)[C@H]2OC(c3ccccc3)O[C@H]2[C@@H]1O. The predicted octanol–water partition coefficient (Wildman–Crippen LogP) is 0.567. The quantitative estimate of drug-likeness (QED) is 0.764. The van der Waals surface area contributed by atoms with E-state index in [9.17, 15) is 10.2 Å². The van der Waals surface area contributed by atoms with Crippen LogP contribution in [-0.4, -0.2) is 40.9 Å². The molecule has 2 saturated heterocycles. The van der Waals surface area contributed by atoms with E-state index in [1.807, 2.05) is 30.3 Å². The molecule has 1 aromatic rings. The Morgan fingerprint density at radius 3 is 2.33 bits per heavy atom. The Kier molecular flexibility index (Phi) is 3.09. The second-order valence-electron chi connectivity index (χ2n) is 4.67. The Morgan fingerprint density at radius 1 is 0.944 bits per heavy atom. The van der Waals surface area contributed by atoms with Crippen LogP contribution in [0.15, 0.2) is 30.3 Å². The monoisotopic (exact) mass is 252 g/mol. The molecule has 3 rings (SSSR count). The van der Waals surface area contributed by atoms with Crippen LogP contribution in [0, 0.1) is 0 Å². The van der Waals surface area contributed by atoms with Gasteiger partial charge in [-0.25, -0.2) is 0 Å². The van der Waals surface area contributed by atoms with Crippen molar-refractivity contribution < 1.29 is 24.4 Å². The Labute approximate surface area is 105 Å². The molecule has 0 aromatic heterocycles. The minimum absolute atomic E-state index is 0.473. The van der Waals surface area contributed by atoms with Crippen molar-refractivity contribution in [3.8, 4) is 0 Å². The third-order valence-electron chi connectivity index (χ3n) is 3.41. The number of hydrogen-bond donors (Lipinski definition) is 2. The number of hydrogen-bond acceptors (Lipinski definition) is 5. The number of aliphatic hydroxyl groups excluding tert-OH is 2. The van der Waals surface area contributed by atoms with E-state index >= 15 is 0 Å². The maximum Gasteiger partial charge on any atom is 0.185 e. The molecule has 0 amide bonds. The average Bonchev–Trinajstić information content (AvgIpc) is 2.83. The Bertz CT molecular complexity index is 409. The molecule has 18 heavy (non-hydrogen) atoms. The molecule has 0 saturated carbocycles. The van der Waals surface area contributed by atoms with E-state index in [1.54, 1.807) is 6.92 Å². The van der Waals surface area contributed by atoms with Gasteiger partial charge in [0.2, 0.25) is 0 Å². The second-order valence-corrected chi connectivity index (χ2v) is 4.67. The summed E-state index contributed by atoms with van der Waals surface area (Å²) >= 11 is 0. The summed E-state index contributed by atoms with van der Waals surface area (Å²) in [6.45, 7) is 1.70. The molecule has 1 unspecified atom stereocenters. The van der Waals surface area contributed by atoms with Crippen molar-refractivity contribution in [2.45, 2.75) is 43.9 Å². The van der Waals surface area contributed by atoms with Gasteiger partial charge >= 0.3 is 0 Å². The minimum atomic E-state index is -1.07. The largest absolute Gasteiger partial charge is 0.388 e. The Morgan fingerprint density at radius 2 is 1.61 bits per heavy atom. The maximum absolute atomic E-state index is 9.99. The highest BCUT2D eigenvalue weighted by Crippen LogP contribution is 2.38. The zero-order valence-corrected chi connectivity index (χ0v) is 9.97. The lowest BCUT2D eigenvalue weighted by molar-refractivity contribution is -0.251. The first-order valence-electron chi connectivity index (χ1n) is 6.04. The van der Waals surface area contributed by atoms with Crippen LogP contribution >= 0.6 is 0 Å². The van der Waals surface area contributed by atoms with Crippen molar-refractivity contribution >= 4 is 0 Å². The van der Waals surface area contributed by atoms with Gasteiger partial charge < -0.3 is 24.4 Å². The summed E-state index contributed by atoms with van der Waals surface area (Å²) in [6, 6.07) is 9.43. The molecule has 5 heteroatoms. The topological polar surface area (TPSA) is 68.2 Å². The van der Waals surface area contributed by atoms with Crippen molar-refractivity contribution in [2.75, 3.05) is 0 Å². The number of ether oxygens (including phenoxy) is 3. The molecule has 5 nitrogen and oxygen atoms in total. The third kappa shape index (κ3) is 1.94. The molecule has 2 heterocycles. The summed E-state index contributed by atoms with van der Waals surface area (Å²) < 4.78 is 16.5. The molecule has 0 spiro atoms. The summed E-state index contributed by atoms with van der Waals surface area (Å²) in [5.74, 6) is 0. The molecule has 1 aromatic carbocycles. The average molecular weight is 252 g/mol. The normalized spacial score (nSPS) is 43.7. The third-order valence-corrected chi connectivity index (χ3v) is 3.41. The van der Waals surface area contributed by atoms with Gasteiger partial charge in [0.25, 0.3) is 0 Å². The van der Waals surface area contributed by atoms with Crippen LogP contribution in [0.25, 0.3) is 0 Å². The van der Waals surface area contributed by atoms with Crippen molar-refractivity contribution in [2.24, 2.45) is 0 Å². The number of fused-ring (bicyclic) bond motifs is 1. The maximum atomic E-state index is 9.99. The molecule has 6 atom stereocenters. The molecule has 2 aliphatic heterocycles. The van der Waals surface area contributed by atoms with E-state index in [4.69, 9.17) is 14.2 Å². The van der Waals surface area contributed by atoms with Crippen LogP contribution in [0.2, 0.25) is 0 Å². The van der Waals surface area contributed by atoms with Gasteiger partial charge in [-0.05, 0) is 6.92 Å². The standard InChI is InChI=1S/C13H16O5/c1-7-9(14)10-11(12(15)16-7)18-13(17-10)8-5-3-2-4-6-8/h2-7,9-15H,1H3/t7-,9-,10+,11+,12+,13?/m1/s1. The van der Waals surface area contributed by atoms with Crippen molar-refractivity contribution in [1.29, 1.82) is 0 Å². The highest BCUT2D eigenvalue weighted by atomic mass is 16.8. The fourth-order valence-electron chi connectivity index (χ4n) is 2.39. The first-order chi connectivity index (χ1) is 8.66. The van der Waals surface area contributed by atoms with Gasteiger partial charge in [-0.3, -0.25) is 0 Å². The minimum Gasteiger partial charge on any atom is -0.388 e. The van der Waals surface area contributed by atoms with Crippen LogP contribution < -0.4 is 0 Å². The molecule has 0 bridgehead atoms. The van der Waals surface area contributed by atoms with Gasteiger partial charge in [-0.1, -0.05) is 30.3 Å². The van der Waals surface area contributed by atoms with Crippen molar-refractivity contribution in [1.82, 2.24) is 0 Å². The van der Waals surface area contributed by atoms with Crippen LogP contribution in [0.1, 0.15) is 18.8 Å². The number of rotatable bonds is 1. The van der Waals surface area contributed by atoms with Gasteiger partial charge in [-0.2, -0.15) is 0 Å². The van der Waals surface area contributed by atoms with E-state index in [2.05, 4.69) is 0 Å². The molecule has 2 N–H and O–H groups in total. The Hall–Kier alpha value is -0.980. The predicted molar refractivity (Wildman–Crippen MR) is 61.5 cm³/mol. The highest BCUT2D eigenvalue weighted by Gasteiger charge is 2.51. The lowest BCUT2D eigenvalue weighted by Crippen LogP contribution is -2.55.